The fraction of sp³-hybridized carbons (Fsp3) is 0.500. The molecule has 1 saturated carbocycles. The van der Waals surface area contributed by atoms with Crippen molar-refractivity contribution < 1.29 is 23.5 Å². The molecule has 0 bridgehead atoms. The van der Waals surface area contributed by atoms with E-state index < -0.39 is 29.7 Å². The van der Waals surface area contributed by atoms with E-state index >= 15 is 0 Å². The SMILES string of the molecule is CC(O)(COc1cc(B2OC(C)(C)C(C)(C)O2)cc2ncn(C3CC3)c12)c1ccc(F)cn1. The number of pyridine rings is 1. The lowest BCUT2D eigenvalue weighted by molar-refractivity contribution is 0.00422. The molecule has 3 heterocycles. The van der Waals surface area contributed by atoms with E-state index in [1.165, 1.54) is 12.1 Å². The molecule has 0 amide bonds. The molecule has 0 spiro atoms. The Morgan fingerprint density at radius 3 is 2.48 bits per heavy atom. The second kappa shape index (κ2) is 7.51. The molecule has 2 aliphatic rings. The third-order valence-electron chi connectivity index (χ3n) is 6.91. The summed E-state index contributed by atoms with van der Waals surface area (Å²) in [7, 11) is -0.563. The van der Waals surface area contributed by atoms with Gasteiger partial charge in [0.25, 0.3) is 0 Å². The van der Waals surface area contributed by atoms with Gasteiger partial charge in [0, 0.05) is 6.04 Å². The van der Waals surface area contributed by atoms with Crippen LogP contribution < -0.4 is 10.2 Å². The highest BCUT2D eigenvalue weighted by atomic mass is 19.1. The van der Waals surface area contributed by atoms with Gasteiger partial charge in [-0.25, -0.2) is 9.37 Å². The fourth-order valence-electron chi connectivity index (χ4n) is 4.00. The highest BCUT2D eigenvalue weighted by Gasteiger charge is 2.52. The number of aromatic nitrogens is 3. The summed E-state index contributed by atoms with van der Waals surface area (Å²) < 4.78 is 34.1. The zero-order valence-electron chi connectivity index (χ0n) is 19.6. The molecular formula is C24H29BFN3O4. The molecular weight excluding hydrogens is 424 g/mol. The van der Waals surface area contributed by atoms with Gasteiger partial charge in [-0.2, -0.15) is 0 Å². The molecule has 1 unspecified atom stereocenters. The molecule has 2 fully saturated rings. The number of halogens is 1. The van der Waals surface area contributed by atoms with Crippen molar-refractivity contribution in [1.29, 1.82) is 0 Å². The smallest absolute Gasteiger partial charge is 0.488 e. The monoisotopic (exact) mass is 453 g/mol. The minimum atomic E-state index is -1.41. The molecule has 1 atom stereocenters. The van der Waals surface area contributed by atoms with Crippen molar-refractivity contribution in [1.82, 2.24) is 14.5 Å². The summed E-state index contributed by atoms with van der Waals surface area (Å²) in [5.41, 5.74) is 0.432. The molecule has 174 valence electrons. The van der Waals surface area contributed by atoms with Crippen LogP contribution in [0.3, 0.4) is 0 Å². The van der Waals surface area contributed by atoms with E-state index in [-0.39, 0.29) is 6.61 Å². The van der Waals surface area contributed by atoms with E-state index in [0.717, 1.165) is 35.5 Å². The Balaban J connectivity index is 1.50. The average molecular weight is 453 g/mol. The molecule has 1 aromatic carbocycles. The van der Waals surface area contributed by atoms with Gasteiger partial charge in [0.05, 0.1) is 34.9 Å². The number of hydrogen-bond donors (Lipinski definition) is 1. The van der Waals surface area contributed by atoms with Crippen LogP contribution >= 0.6 is 0 Å². The van der Waals surface area contributed by atoms with Gasteiger partial charge in [0.1, 0.15) is 29.3 Å². The maximum atomic E-state index is 13.3. The lowest BCUT2D eigenvalue weighted by Crippen LogP contribution is -2.41. The highest BCUT2D eigenvalue weighted by molar-refractivity contribution is 6.62. The standard InChI is InChI=1S/C24H29BFN3O4/c1-22(2)23(3,4)33-25(32-22)15-10-18-21(29(14-28-18)17-7-8-17)19(11-15)31-13-24(5,30)20-9-6-16(26)12-27-20/h6,9-12,14,17,30H,7-8,13H2,1-5H3. The Morgan fingerprint density at radius 2 is 1.88 bits per heavy atom. The molecule has 1 saturated heterocycles. The van der Waals surface area contributed by atoms with Crippen LogP contribution in [0.1, 0.15) is 59.2 Å². The Kier molecular flexibility index (Phi) is 5.08. The predicted molar refractivity (Wildman–Crippen MR) is 123 cm³/mol. The number of rotatable bonds is 6. The predicted octanol–water partition coefficient (Wildman–Crippen LogP) is 3.49. The molecule has 33 heavy (non-hydrogen) atoms. The molecule has 7 nitrogen and oxygen atoms in total. The van der Waals surface area contributed by atoms with Gasteiger partial charge in [0.15, 0.2) is 0 Å². The van der Waals surface area contributed by atoms with Crippen molar-refractivity contribution in [2.24, 2.45) is 0 Å². The Labute approximate surface area is 193 Å². The largest absolute Gasteiger partial charge is 0.495 e. The molecule has 1 aliphatic carbocycles. The number of ether oxygens (including phenoxy) is 1. The summed E-state index contributed by atoms with van der Waals surface area (Å²) in [5.74, 6) is 0.129. The van der Waals surface area contributed by atoms with Crippen LogP contribution in [-0.2, 0) is 14.9 Å². The van der Waals surface area contributed by atoms with Crippen molar-refractivity contribution in [3.8, 4) is 5.75 Å². The van der Waals surface area contributed by atoms with E-state index in [2.05, 4.69) is 14.5 Å². The van der Waals surface area contributed by atoms with Crippen LogP contribution in [0.25, 0.3) is 11.0 Å². The number of imidazole rings is 1. The first-order chi connectivity index (χ1) is 15.5. The number of fused-ring (bicyclic) bond motifs is 1. The highest BCUT2D eigenvalue weighted by Crippen LogP contribution is 2.41. The average Bonchev–Trinajstić information content (AvgIpc) is 3.45. The Bertz CT molecular complexity index is 1170. The van der Waals surface area contributed by atoms with E-state index in [4.69, 9.17) is 14.0 Å². The summed E-state index contributed by atoms with van der Waals surface area (Å²) in [5, 5.41) is 11.0. The number of aliphatic hydroxyl groups is 1. The zero-order chi connectivity index (χ0) is 23.6. The van der Waals surface area contributed by atoms with Gasteiger partial charge in [-0.05, 0) is 77.2 Å². The quantitative estimate of drug-likeness (QED) is 0.576. The molecule has 2 aromatic heterocycles. The Morgan fingerprint density at radius 1 is 1.18 bits per heavy atom. The van der Waals surface area contributed by atoms with Crippen LogP contribution in [0.2, 0.25) is 0 Å². The van der Waals surface area contributed by atoms with Crippen molar-refractivity contribution in [3.05, 3.63) is 48.3 Å². The van der Waals surface area contributed by atoms with Gasteiger partial charge in [-0.3, -0.25) is 4.98 Å². The van der Waals surface area contributed by atoms with Gasteiger partial charge in [-0.1, -0.05) is 0 Å². The van der Waals surface area contributed by atoms with E-state index in [0.29, 0.717) is 17.5 Å². The minimum absolute atomic E-state index is 0.0661. The van der Waals surface area contributed by atoms with E-state index in [1.807, 2.05) is 46.2 Å². The van der Waals surface area contributed by atoms with Crippen LogP contribution in [0.5, 0.6) is 5.75 Å². The molecule has 0 radical (unpaired) electrons. The lowest BCUT2D eigenvalue weighted by Gasteiger charge is -2.32. The Hall–Kier alpha value is -2.49. The van der Waals surface area contributed by atoms with Crippen LogP contribution in [0.4, 0.5) is 4.39 Å². The molecule has 3 aromatic rings. The topological polar surface area (TPSA) is 78.6 Å². The molecule has 1 aliphatic heterocycles. The molecule has 5 rings (SSSR count). The molecule has 9 heteroatoms. The van der Waals surface area contributed by atoms with Gasteiger partial charge < -0.3 is 23.7 Å². The first kappa shape index (κ1) is 22.3. The number of benzene rings is 1. The van der Waals surface area contributed by atoms with Crippen LogP contribution in [0, 0.1) is 5.82 Å². The maximum absolute atomic E-state index is 13.3. The van der Waals surface area contributed by atoms with E-state index in [1.54, 1.807) is 6.92 Å². The summed E-state index contributed by atoms with van der Waals surface area (Å²) >= 11 is 0. The van der Waals surface area contributed by atoms with Crippen molar-refractivity contribution >= 4 is 23.6 Å². The summed E-state index contributed by atoms with van der Waals surface area (Å²) in [6.07, 6.45) is 5.12. The first-order valence-corrected chi connectivity index (χ1v) is 11.3. The van der Waals surface area contributed by atoms with Crippen LogP contribution in [-0.4, -0.2) is 44.6 Å². The van der Waals surface area contributed by atoms with Gasteiger partial charge >= 0.3 is 7.12 Å². The third kappa shape index (κ3) is 4.02. The second-order valence-corrected chi connectivity index (χ2v) is 10.3. The van der Waals surface area contributed by atoms with Gasteiger partial charge in [0.2, 0.25) is 0 Å². The molecule has 1 N–H and O–H groups in total. The normalized spacial score (nSPS) is 21.4. The van der Waals surface area contributed by atoms with E-state index in [9.17, 15) is 9.50 Å². The van der Waals surface area contributed by atoms with Gasteiger partial charge in [-0.15, -0.1) is 0 Å². The first-order valence-electron chi connectivity index (χ1n) is 11.3. The lowest BCUT2D eigenvalue weighted by atomic mass is 9.78. The number of hydrogen-bond acceptors (Lipinski definition) is 6. The van der Waals surface area contributed by atoms with Crippen LogP contribution in [0.15, 0.2) is 36.8 Å². The number of nitrogens with zero attached hydrogens (tertiary/aromatic N) is 3. The summed E-state index contributed by atoms with van der Waals surface area (Å²) in [4.78, 5) is 8.63. The van der Waals surface area contributed by atoms with Crippen molar-refractivity contribution in [2.75, 3.05) is 6.61 Å². The zero-order valence-corrected chi connectivity index (χ0v) is 19.6. The van der Waals surface area contributed by atoms with Crippen molar-refractivity contribution in [3.63, 3.8) is 0 Å². The fourth-order valence-corrected chi connectivity index (χ4v) is 4.00. The maximum Gasteiger partial charge on any atom is 0.495 e. The third-order valence-corrected chi connectivity index (χ3v) is 6.91. The summed E-state index contributed by atoms with van der Waals surface area (Å²) in [6.45, 7) is 9.58. The van der Waals surface area contributed by atoms with Crippen molar-refractivity contribution in [2.45, 2.75) is 70.3 Å². The second-order valence-electron chi connectivity index (χ2n) is 10.3. The summed E-state index contributed by atoms with van der Waals surface area (Å²) in [6, 6.07) is 7.01. The minimum Gasteiger partial charge on any atom is -0.488 e.